The summed E-state index contributed by atoms with van der Waals surface area (Å²) in [6.07, 6.45) is 1.64. The predicted octanol–water partition coefficient (Wildman–Crippen LogP) is 3.51. The highest BCUT2D eigenvalue weighted by atomic mass is 32.1. The molecule has 0 N–H and O–H groups in total. The van der Waals surface area contributed by atoms with E-state index in [0.29, 0.717) is 53.4 Å². The number of hydrogen-bond donors (Lipinski definition) is 0. The zero-order valence-electron chi connectivity index (χ0n) is 19.1. The number of aromatic nitrogens is 2. The van der Waals surface area contributed by atoms with E-state index in [0.717, 1.165) is 25.2 Å². The number of nitrogens with zero attached hydrogens (tertiary/aromatic N) is 5. The maximum Gasteiger partial charge on any atom is 0.282 e. The average Bonchev–Trinajstić information content (AvgIpc) is 3.54. The van der Waals surface area contributed by atoms with E-state index in [2.05, 4.69) is 14.9 Å². The molecule has 2 aliphatic heterocycles. The van der Waals surface area contributed by atoms with Crippen molar-refractivity contribution in [2.45, 2.75) is 6.04 Å². The topological polar surface area (TPSA) is 82.8 Å². The summed E-state index contributed by atoms with van der Waals surface area (Å²) in [7, 11) is 0. The molecule has 2 aromatic carbocycles. The second-order valence-electron chi connectivity index (χ2n) is 8.86. The Bertz CT molecular complexity index is 1440. The van der Waals surface area contributed by atoms with Crippen molar-refractivity contribution < 1.29 is 22.8 Å². The fraction of sp³-hybridized carbons (Fsp3) is 0.280. The van der Waals surface area contributed by atoms with Gasteiger partial charge in [0.25, 0.3) is 11.8 Å². The van der Waals surface area contributed by atoms with Crippen molar-refractivity contribution in [2.24, 2.45) is 0 Å². The Labute approximate surface area is 208 Å². The van der Waals surface area contributed by atoms with E-state index >= 15 is 0 Å². The van der Waals surface area contributed by atoms with Crippen LogP contribution in [0.25, 0.3) is 22.6 Å². The van der Waals surface area contributed by atoms with Crippen molar-refractivity contribution >= 4 is 34.3 Å². The number of carbonyl (C=O) groups is 2. The number of piperazine rings is 1. The molecule has 2 amide bonds. The molecule has 4 aromatic rings. The summed E-state index contributed by atoms with van der Waals surface area (Å²) in [6.45, 7) is 4.05. The van der Waals surface area contributed by atoms with Gasteiger partial charge >= 0.3 is 0 Å². The highest BCUT2D eigenvalue weighted by Crippen LogP contribution is 2.27. The maximum absolute atomic E-state index is 13.6. The number of fused-ring (bicyclic) bond motifs is 1. The normalized spacial score (nSPS) is 16.9. The van der Waals surface area contributed by atoms with Crippen LogP contribution in [0, 0.1) is 11.6 Å². The van der Waals surface area contributed by atoms with Gasteiger partial charge in [-0.3, -0.25) is 14.5 Å². The summed E-state index contributed by atoms with van der Waals surface area (Å²) in [5, 5.41) is 2.32. The minimum absolute atomic E-state index is 0.0226. The first-order valence-corrected chi connectivity index (χ1v) is 12.4. The SMILES string of the molecule is O=C(c1ccc2nc(-c3ccc(F)c(F)c3)oc2c1)N1CC(N2CCN(C(=O)c3nccs3)CC2)C1. The Hall–Kier alpha value is -3.70. The van der Waals surface area contributed by atoms with Crippen LogP contribution >= 0.6 is 11.3 Å². The summed E-state index contributed by atoms with van der Waals surface area (Å²) in [4.78, 5) is 39.9. The number of amides is 2. The van der Waals surface area contributed by atoms with Gasteiger partial charge in [0, 0.05) is 68.0 Å². The van der Waals surface area contributed by atoms with Gasteiger partial charge in [-0.05, 0) is 36.4 Å². The molecule has 2 fully saturated rings. The Morgan fingerprint density at radius 3 is 2.47 bits per heavy atom. The molecule has 36 heavy (non-hydrogen) atoms. The third-order valence-corrected chi connectivity index (χ3v) is 7.45. The minimum Gasteiger partial charge on any atom is -0.436 e. The summed E-state index contributed by atoms with van der Waals surface area (Å²) in [5.41, 5.74) is 1.72. The number of hydrogen-bond acceptors (Lipinski definition) is 7. The summed E-state index contributed by atoms with van der Waals surface area (Å²) >= 11 is 1.35. The van der Waals surface area contributed by atoms with Crippen LogP contribution in [0.5, 0.6) is 0 Å². The van der Waals surface area contributed by atoms with Crippen LogP contribution in [-0.2, 0) is 0 Å². The van der Waals surface area contributed by atoms with Crippen LogP contribution in [0.15, 0.2) is 52.4 Å². The number of benzene rings is 2. The first kappa shape index (κ1) is 22.7. The van der Waals surface area contributed by atoms with E-state index in [4.69, 9.17) is 4.42 Å². The molecule has 0 unspecified atom stereocenters. The van der Waals surface area contributed by atoms with Crippen molar-refractivity contribution in [1.29, 1.82) is 0 Å². The molecule has 0 radical (unpaired) electrons. The molecule has 0 atom stereocenters. The third kappa shape index (κ3) is 4.14. The lowest BCUT2D eigenvalue weighted by Crippen LogP contribution is -2.64. The predicted molar refractivity (Wildman–Crippen MR) is 129 cm³/mol. The largest absolute Gasteiger partial charge is 0.436 e. The first-order valence-electron chi connectivity index (χ1n) is 11.5. The number of rotatable bonds is 4. The number of likely N-dealkylation sites (tertiary alicyclic amines) is 1. The fourth-order valence-corrected chi connectivity index (χ4v) is 5.20. The molecule has 0 spiro atoms. The molecular formula is C25H21F2N5O3S. The zero-order valence-corrected chi connectivity index (χ0v) is 19.9. The summed E-state index contributed by atoms with van der Waals surface area (Å²) in [6, 6.07) is 8.72. The Kier molecular flexibility index (Phi) is 5.73. The van der Waals surface area contributed by atoms with E-state index in [9.17, 15) is 18.4 Å². The molecule has 0 saturated carbocycles. The lowest BCUT2D eigenvalue weighted by molar-refractivity contribution is 0.00853. The zero-order chi connectivity index (χ0) is 24.8. The van der Waals surface area contributed by atoms with Crippen molar-refractivity contribution in [1.82, 2.24) is 24.7 Å². The molecule has 8 nitrogen and oxygen atoms in total. The average molecular weight is 510 g/mol. The Morgan fingerprint density at radius 2 is 1.75 bits per heavy atom. The van der Waals surface area contributed by atoms with Crippen LogP contribution in [0.4, 0.5) is 8.78 Å². The van der Waals surface area contributed by atoms with Gasteiger partial charge in [-0.1, -0.05) is 0 Å². The van der Waals surface area contributed by atoms with Crippen molar-refractivity contribution in [3.05, 3.63) is 70.2 Å². The molecular weight excluding hydrogens is 488 g/mol. The van der Waals surface area contributed by atoms with Crippen LogP contribution < -0.4 is 0 Å². The second-order valence-corrected chi connectivity index (χ2v) is 9.75. The highest BCUT2D eigenvalue weighted by molar-refractivity contribution is 7.11. The van der Waals surface area contributed by atoms with Gasteiger partial charge in [-0.25, -0.2) is 18.7 Å². The summed E-state index contributed by atoms with van der Waals surface area (Å²) < 4.78 is 32.5. The number of thiazole rings is 1. The van der Waals surface area contributed by atoms with E-state index in [-0.39, 0.29) is 23.7 Å². The van der Waals surface area contributed by atoms with Crippen LogP contribution in [0.2, 0.25) is 0 Å². The maximum atomic E-state index is 13.6. The van der Waals surface area contributed by atoms with Crippen LogP contribution in [-0.4, -0.2) is 81.8 Å². The molecule has 2 aliphatic rings. The highest BCUT2D eigenvalue weighted by Gasteiger charge is 2.37. The lowest BCUT2D eigenvalue weighted by atomic mass is 10.0. The van der Waals surface area contributed by atoms with Gasteiger partial charge < -0.3 is 14.2 Å². The number of halogens is 2. The smallest absolute Gasteiger partial charge is 0.282 e. The number of oxazole rings is 1. The third-order valence-electron chi connectivity index (χ3n) is 6.68. The van der Waals surface area contributed by atoms with E-state index in [1.165, 1.54) is 17.4 Å². The van der Waals surface area contributed by atoms with E-state index in [1.54, 1.807) is 34.7 Å². The molecule has 184 valence electrons. The molecule has 4 heterocycles. The second kappa shape index (κ2) is 9.07. The van der Waals surface area contributed by atoms with Crippen LogP contribution in [0.1, 0.15) is 20.2 Å². The van der Waals surface area contributed by atoms with Gasteiger partial charge in [0.2, 0.25) is 5.89 Å². The molecule has 0 aliphatic carbocycles. The van der Waals surface area contributed by atoms with Gasteiger partial charge in [0.15, 0.2) is 22.2 Å². The monoisotopic (exact) mass is 509 g/mol. The van der Waals surface area contributed by atoms with Gasteiger partial charge in [-0.2, -0.15) is 0 Å². The summed E-state index contributed by atoms with van der Waals surface area (Å²) in [5.74, 6) is -1.89. The molecule has 2 saturated heterocycles. The first-order chi connectivity index (χ1) is 17.5. The van der Waals surface area contributed by atoms with Gasteiger partial charge in [0.05, 0.1) is 0 Å². The molecule has 2 aromatic heterocycles. The fourth-order valence-electron chi connectivity index (χ4n) is 4.60. The Balaban J connectivity index is 1.07. The standard InChI is InChI=1S/C25H21F2N5O3S/c26-18-3-1-15(11-19(18)27)22-29-20-4-2-16(12-21(20)35-22)24(33)32-13-17(14-32)30-6-8-31(9-7-30)25(34)23-28-5-10-36-23/h1-5,10-12,17H,6-9,13-14H2. The van der Waals surface area contributed by atoms with Gasteiger partial charge in [0.1, 0.15) is 5.52 Å². The van der Waals surface area contributed by atoms with Crippen LogP contribution in [0.3, 0.4) is 0 Å². The molecule has 6 rings (SSSR count). The van der Waals surface area contributed by atoms with Crippen molar-refractivity contribution in [2.75, 3.05) is 39.3 Å². The quantitative estimate of drug-likeness (QED) is 0.419. The minimum atomic E-state index is -0.981. The number of carbonyl (C=O) groups excluding carboxylic acids is 2. The van der Waals surface area contributed by atoms with Crippen molar-refractivity contribution in [3.63, 3.8) is 0 Å². The Morgan fingerprint density at radius 1 is 0.944 bits per heavy atom. The van der Waals surface area contributed by atoms with Crippen molar-refractivity contribution in [3.8, 4) is 11.5 Å². The lowest BCUT2D eigenvalue weighted by Gasteiger charge is -2.48. The van der Waals surface area contributed by atoms with E-state index in [1.807, 2.05) is 4.90 Å². The molecule has 0 bridgehead atoms. The van der Waals surface area contributed by atoms with Gasteiger partial charge in [-0.15, -0.1) is 11.3 Å². The molecule has 11 heteroatoms. The van der Waals surface area contributed by atoms with E-state index < -0.39 is 11.6 Å².